The van der Waals surface area contributed by atoms with E-state index in [1.165, 1.54) is 6.07 Å². The van der Waals surface area contributed by atoms with Gasteiger partial charge in [0.2, 0.25) is 0 Å². The number of anilines is 3. The minimum atomic E-state index is -3.70. The third-order valence-electron chi connectivity index (χ3n) is 6.34. The number of aryl methyl sites for hydroxylation is 3. The molecule has 0 radical (unpaired) electrons. The molecule has 0 bridgehead atoms. The summed E-state index contributed by atoms with van der Waals surface area (Å²) >= 11 is 0. The maximum atomic E-state index is 13.1. The first-order valence-electron chi connectivity index (χ1n) is 11.8. The second-order valence-corrected chi connectivity index (χ2v) is 8.99. The molecule has 0 saturated heterocycles. The highest BCUT2D eigenvalue weighted by atomic mass is 16.4. The number of amides is 4. The standard InChI is InChI=1S/C26H26N4O12/c1-11-8-13(3)16(9-12(11)2)30-20(34)26(23(39)40,24(41)42)19(33)29-15-7-5-6-14(10-15)28-18(32)25(21(35)36,22(37)38)17(31)27-4/h5-10H,1-4H3,(H,27,31)(H,28,32)(H,29,33)(H,30,34)(H,35,36)(H,37,38)(H,39,40)(H,41,42). The summed E-state index contributed by atoms with van der Waals surface area (Å²) in [6, 6.07) is 7.29. The van der Waals surface area contributed by atoms with E-state index in [9.17, 15) is 58.8 Å². The fraction of sp³-hybridized carbons (Fsp3) is 0.231. The van der Waals surface area contributed by atoms with Crippen LogP contribution in [0.1, 0.15) is 16.7 Å². The van der Waals surface area contributed by atoms with Crippen molar-refractivity contribution >= 4 is 64.6 Å². The van der Waals surface area contributed by atoms with Gasteiger partial charge in [-0.15, -0.1) is 0 Å². The normalized spacial score (nSPS) is 11.0. The van der Waals surface area contributed by atoms with Gasteiger partial charge in [-0.3, -0.25) is 19.2 Å². The van der Waals surface area contributed by atoms with E-state index in [1.807, 2.05) is 10.6 Å². The lowest BCUT2D eigenvalue weighted by molar-refractivity contribution is -0.173. The van der Waals surface area contributed by atoms with Crippen molar-refractivity contribution in [2.45, 2.75) is 20.8 Å². The number of carboxylic acids is 4. The molecule has 42 heavy (non-hydrogen) atoms. The Morgan fingerprint density at radius 2 is 0.929 bits per heavy atom. The molecule has 0 unspecified atom stereocenters. The van der Waals surface area contributed by atoms with Crippen molar-refractivity contribution in [2.75, 3.05) is 23.0 Å². The second-order valence-electron chi connectivity index (χ2n) is 8.99. The molecule has 0 aromatic heterocycles. The Morgan fingerprint density at radius 3 is 1.33 bits per heavy atom. The lowest BCUT2D eigenvalue weighted by atomic mass is 9.85. The van der Waals surface area contributed by atoms with E-state index >= 15 is 0 Å². The fourth-order valence-corrected chi connectivity index (χ4v) is 3.79. The number of carbonyl (C=O) groups excluding carboxylic acids is 4. The van der Waals surface area contributed by atoms with Crippen molar-refractivity contribution in [3.8, 4) is 0 Å². The smallest absolute Gasteiger partial charge is 0.340 e. The Balaban J connectivity index is 2.47. The van der Waals surface area contributed by atoms with Gasteiger partial charge < -0.3 is 41.7 Å². The van der Waals surface area contributed by atoms with Crippen LogP contribution in [-0.4, -0.2) is 75.0 Å². The van der Waals surface area contributed by atoms with Gasteiger partial charge in [-0.05, 0) is 61.7 Å². The van der Waals surface area contributed by atoms with Crippen molar-refractivity contribution in [1.82, 2.24) is 5.32 Å². The molecule has 222 valence electrons. The van der Waals surface area contributed by atoms with E-state index < -0.39 is 64.0 Å². The number of hydrogen-bond donors (Lipinski definition) is 8. The lowest BCUT2D eigenvalue weighted by Gasteiger charge is -2.24. The zero-order valence-corrected chi connectivity index (χ0v) is 22.5. The first-order chi connectivity index (χ1) is 19.5. The summed E-state index contributed by atoms with van der Waals surface area (Å²) < 4.78 is 0. The van der Waals surface area contributed by atoms with Crippen molar-refractivity contribution in [2.24, 2.45) is 10.8 Å². The largest absolute Gasteiger partial charge is 0.480 e. The fourth-order valence-electron chi connectivity index (χ4n) is 3.79. The molecule has 0 aliphatic rings. The Labute approximate surface area is 236 Å². The number of benzene rings is 2. The van der Waals surface area contributed by atoms with Crippen LogP contribution in [0.4, 0.5) is 17.1 Å². The molecule has 0 aliphatic heterocycles. The summed E-state index contributed by atoms with van der Waals surface area (Å²) in [5.41, 5.74) is -6.07. The van der Waals surface area contributed by atoms with E-state index in [0.29, 0.717) is 11.1 Å². The number of rotatable bonds is 11. The van der Waals surface area contributed by atoms with Crippen LogP contribution >= 0.6 is 0 Å². The number of carbonyl (C=O) groups is 8. The first-order valence-corrected chi connectivity index (χ1v) is 11.8. The van der Waals surface area contributed by atoms with E-state index in [0.717, 1.165) is 36.9 Å². The van der Waals surface area contributed by atoms with Gasteiger partial charge >= 0.3 is 34.7 Å². The topological polar surface area (TPSA) is 266 Å². The van der Waals surface area contributed by atoms with Gasteiger partial charge in [0.25, 0.3) is 23.6 Å². The number of carboxylic acid groups (broad SMARTS) is 4. The molecular weight excluding hydrogens is 560 g/mol. The molecule has 2 aromatic carbocycles. The second kappa shape index (κ2) is 12.2. The van der Waals surface area contributed by atoms with Crippen LogP contribution < -0.4 is 21.3 Å². The van der Waals surface area contributed by atoms with Gasteiger partial charge in [0.05, 0.1) is 0 Å². The zero-order chi connectivity index (χ0) is 32.2. The minimum Gasteiger partial charge on any atom is -0.480 e. The summed E-state index contributed by atoms with van der Waals surface area (Å²) in [7, 11) is 0.904. The van der Waals surface area contributed by atoms with E-state index in [-0.39, 0.29) is 11.4 Å². The van der Waals surface area contributed by atoms with Gasteiger partial charge in [0.1, 0.15) is 0 Å². The average molecular weight is 587 g/mol. The van der Waals surface area contributed by atoms with Gasteiger partial charge in [-0.25, -0.2) is 19.2 Å². The predicted octanol–water partition coefficient (Wildman–Crippen LogP) is 0.185. The summed E-state index contributed by atoms with van der Waals surface area (Å²) in [5, 5.41) is 46.2. The molecule has 2 rings (SSSR count). The van der Waals surface area contributed by atoms with Crippen LogP contribution in [-0.2, 0) is 38.4 Å². The molecule has 0 saturated carbocycles. The van der Waals surface area contributed by atoms with Crippen LogP contribution in [0, 0.1) is 31.6 Å². The SMILES string of the molecule is CNC(=O)C(C(=O)O)(C(=O)O)C(=O)Nc1cccc(NC(=O)C(C(=O)O)(C(=O)O)C(=O)Nc2cc(C)c(C)cc2C)c1. The molecular formula is C26H26N4O12. The van der Waals surface area contributed by atoms with Gasteiger partial charge in [-0.1, -0.05) is 12.1 Å². The lowest BCUT2D eigenvalue weighted by Crippen LogP contribution is -2.58. The van der Waals surface area contributed by atoms with Crippen LogP contribution in [0.2, 0.25) is 0 Å². The summed E-state index contributed by atoms with van der Waals surface area (Å²) in [5.74, 6) is -16.3. The molecule has 2 aromatic rings. The number of nitrogens with one attached hydrogen (secondary N) is 4. The molecule has 0 heterocycles. The zero-order valence-electron chi connectivity index (χ0n) is 22.5. The van der Waals surface area contributed by atoms with Crippen LogP contribution in [0.5, 0.6) is 0 Å². The molecule has 16 nitrogen and oxygen atoms in total. The maximum absolute atomic E-state index is 13.1. The molecule has 0 atom stereocenters. The van der Waals surface area contributed by atoms with Crippen molar-refractivity contribution in [3.63, 3.8) is 0 Å². The monoisotopic (exact) mass is 586 g/mol. The molecule has 8 N–H and O–H groups in total. The maximum Gasteiger partial charge on any atom is 0.340 e. The molecule has 16 heteroatoms. The first kappa shape index (κ1) is 32.4. The molecule has 0 fully saturated rings. The van der Waals surface area contributed by atoms with Crippen LogP contribution in [0.3, 0.4) is 0 Å². The van der Waals surface area contributed by atoms with Gasteiger partial charge in [0, 0.05) is 24.1 Å². The Bertz CT molecular complexity index is 1500. The molecule has 0 spiro atoms. The highest BCUT2D eigenvalue weighted by Gasteiger charge is 2.62. The predicted molar refractivity (Wildman–Crippen MR) is 142 cm³/mol. The summed E-state index contributed by atoms with van der Waals surface area (Å²) in [4.78, 5) is 98.7. The van der Waals surface area contributed by atoms with E-state index in [4.69, 9.17) is 0 Å². The van der Waals surface area contributed by atoms with Crippen molar-refractivity contribution in [3.05, 3.63) is 53.1 Å². The summed E-state index contributed by atoms with van der Waals surface area (Å²) in [6.45, 7) is 5.04. The Kier molecular flexibility index (Phi) is 9.38. The van der Waals surface area contributed by atoms with Gasteiger partial charge in [0.15, 0.2) is 0 Å². The van der Waals surface area contributed by atoms with E-state index in [1.54, 1.807) is 32.2 Å². The van der Waals surface area contributed by atoms with E-state index in [2.05, 4.69) is 5.32 Å². The summed E-state index contributed by atoms with van der Waals surface area (Å²) in [6.07, 6.45) is 0. The quantitative estimate of drug-likeness (QED) is 0.164. The Hall–Kier alpha value is -5.80. The van der Waals surface area contributed by atoms with Crippen LogP contribution in [0.15, 0.2) is 36.4 Å². The van der Waals surface area contributed by atoms with Crippen molar-refractivity contribution < 1.29 is 58.8 Å². The average Bonchev–Trinajstić information content (AvgIpc) is 2.87. The number of hydrogen-bond acceptors (Lipinski definition) is 8. The molecule has 4 amide bonds. The number of aliphatic carboxylic acids is 4. The third kappa shape index (κ3) is 5.58. The van der Waals surface area contributed by atoms with Crippen LogP contribution in [0.25, 0.3) is 0 Å². The Morgan fingerprint density at radius 1 is 0.548 bits per heavy atom. The van der Waals surface area contributed by atoms with Gasteiger partial charge in [-0.2, -0.15) is 0 Å². The third-order valence-corrected chi connectivity index (χ3v) is 6.34. The highest BCUT2D eigenvalue weighted by Crippen LogP contribution is 2.28. The minimum absolute atomic E-state index is 0.0592. The van der Waals surface area contributed by atoms with Crippen molar-refractivity contribution in [1.29, 1.82) is 0 Å². The highest BCUT2D eigenvalue weighted by molar-refractivity contribution is 6.39. The molecule has 0 aliphatic carbocycles.